The first kappa shape index (κ1) is 19.1. The van der Waals surface area contributed by atoms with Gasteiger partial charge >= 0.3 is 5.97 Å². The maximum absolute atomic E-state index is 12.0. The van der Waals surface area contributed by atoms with Gasteiger partial charge in [-0.25, -0.2) is 4.79 Å². The van der Waals surface area contributed by atoms with Crippen molar-refractivity contribution in [1.29, 1.82) is 0 Å². The van der Waals surface area contributed by atoms with Gasteiger partial charge in [0.2, 0.25) is 6.29 Å². The van der Waals surface area contributed by atoms with Crippen molar-refractivity contribution in [2.24, 2.45) is 0 Å². The van der Waals surface area contributed by atoms with Crippen molar-refractivity contribution >= 4 is 16.9 Å². The van der Waals surface area contributed by atoms with Crippen LogP contribution in [0.5, 0.6) is 0 Å². The summed E-state index contributed by atoms with van der Waals surface area (Å²) in [5.74, 6) is 0.233. The molecule has 0 saturated heterocycles. The number of hydrogen-bond acceptors (Lipinski definition) is 6. The number of nitrogens with zero attached hydrogens (tertiary/aromatic N) is 1. The summed E-state index contributed by atoms with van der Waals surface area (Å²) in [5.41, 5.74) is 2.77. The molecule has 0 bridgehead atoms. The zero-order valence-corrected chi connectivity index (χ0v) is 15.7. The molecule has 2 heterocycles. The second-order valence-electron chi connectivity index (χ2n) is 5.80. The lowest BCUT2D eigenvalue weighted by molar-refractivity contribution is -0.150. The largest absolute Gasteiger partial charge is 0.462 e. The van der Waals surface area contributed by atoms with E-state index in [9.17, 15) is 4.79 Å². The van der Waals surface area contributed by atoms with E-state index in [1.54, 1.807) is 31.5 Å². The third kappa shape index (κ3) is 4.18. The van der Waals surface area contributed by atoms with E-state index < -0.39 is 6.29 Å². The van der Waals surface area contributed by atoms with Crippen LogP contribution in [-0.4, -0.2) is 30.8 Å². The Morgan fingerprint density at radius 1 is 1.07 bits per heavy atom. The standard InChI is InChI=1S/C21H23NO5/c1-4-24-20(23)15-9-7-8-14(10-15)17-13-22-12-16-11-18(27-19(16)17)21(25-5-2)26-6-3/h7-13,21H,4-6H2,1-3H3. The predicted molar refractivity (Wildman–Crippen MR) is 101 cm³/mol. The lowest BCUT2D eigenvalue weighted by Gasteiger charge is -2.13. The minimum absolute atomic E-state index is 0.331. The molecule has 142 valence electrons. The van der Waals surface area contributed by atoms with Gasteiger partial charge in [0, 0.05) is 36.6 Å². The summed E-state index contributed by atoms with van der Waals surface area (Å²) >= 11 is 0. The molecule has 0 amide bonds. The maximum atomic E-state index is 12.0. The number of pyridine rings is 1. The SMILES string of the molecule is CCOC(=O)c1cccc(-c2cncc3cc(C(OCC)OCC)oc23)c1. The van der Waals surface area contributed by atoms with Gasteiger partial charge in [0.1, 0.15) is 5.58 Å². The molecule has 0 aliphatic heterocycles. The molecular formula is C21H23NO5. The van der Waals surface area contributed by atoms with Gasteiger partial charge < -0.3 is 18.6 Å². The average molecular weight is 369 g/mol. The lowest BCUT2D eigenvalue weighted by atomic mass is 10.0. The molecule has 2 aromatic heterocycles. The third-order valence-corrected chi connectivity index (χ3v) is 3.99. The number of carbonyl (C=O) groups is 1. The highest BCUT2D eigenvalue weighted by atomic mass is 16.7. The Kier molecular flexibility index (Phi) is 6.21. The van der Waals surface area contributed by atoms with Crippen LogP contribution in [0.3, 0.4) is 0 Å². The van der Waals surface area contributed by atoms with Crippen LogP contribution in [0.2, 0.25) is 0 Å². The number of ether oxygens (including phenoxy) is 3. The van der Waals surface area contributed by atoms with Gasteiger partial charge in [-0.3, -0.25) is 4.98 Å². The molecule has 27 heavy (non-hydrogen) atoms. The van der Waals surface area contributed by atoms with Crippen molar-refractivity contribution in [1.82, 2.24) is 4.98 Å². The van der Waals surface area contributed by atoms with Crippen LogP contribution in [-0.2, 0) is 14.2 Å². The molecule has 0 radical (unpaired) electrons. The molecular weight excluding hydrogens is 346 g/mol. The Morgan fingerprint density at radius 3 is 2.56 bits per heavy atom. The zero-order valence-electron chi connectivity index (χ0n) is 15.7. The van der Waals surface area contributed by atoms with Crippen molar-refractivity contribution < 1.29 is 23.4 Å². The Hall–Kier alpha value is -2.70. The van der Waals surface area contributed by atoms with Crippen molar-refractivity contribution in [3.63, 3.8) is 0 Å². The number of benzene rings is 1. The quantitative estimate of drug-likeness (QED) is 0.422. The van der Waals surface area contributed by atoms with Crippen molar-refractivity contribution in [3.05, 3.63) is 54.0 Å². The van der Waals surface area contributed by atoms with Gasteiger partial charge in [-0.2, -0.15) is 0 Å². The summed E-state index contributed by atoms with van der Waals surface area (Å²) in [6, 6.07) is 9.09. The highest BCUT2D eigenvalue weighted by molar-refractivity contribution is 5.95. The van der Waals surface area contributed by atoms with E-state index in [1.807, 2.05) is 32.0 Å². The molecule has 3 aromatic rings. The number of esters is 1. The Labute approximate surface area is 158 Å². The molecule has 0 fully saturated rings. The van der Waals surface area contributed by atoms with Gasteiger partial charge in [0.05, 0.1) is 12.2 Å². The summed E-state index contributed by atoms with van der Waals surface area (Å²) in [5, 5.41) is 0.841. The summed E-state index contributed by atoms with van der Waals surface area (Å²) in [4.78, 5) is 16.3. The zero-order chi connectivity index (χ0) is 19.2. The smallest absolute Gasteiger partial charge is 0.338 e. The molecule has 0 N–H and O–H groups in total. The van der Waals surface area contributed by atoms with Crippen LogP contribution in [0.15, 0.2) is 47.1 Å². The number of fused-ring (bicyclic) bond motifs is 1. The topological polar surface area (TPSA) is 70.8 Å². The van der Waals surface area contributed by atoms with E-state index in [1.165, 1.54) is 0 Å². The van der Waals surface area contributed by atoms with Gasteiger partial charge in [-0.15, -0.1) is 0 Å². The van der Waals surface area contributed by atoms with Crippen LogP contribution in [0.4, 0.5) is 0 Å². The van der Waals surface area contributed by atoms with E-state index in [-0.39, 0.29) is 5.97 Å². The molecule has 0 atom stereocenters. The second kappa shape index (κ2) is 8.79. The summed E-state index contributed by atoms with van der Waals surface area (Å²) in [6.07, 6.45) is 2.89. The first-order chi connectivity index (χ1) is 13.2. The number of aromatic nitrogens is 1. The molecule has 3 rings (SSSR count). The van der Waals surface area contributed by atoms with Crippen LogP contribution in [0.1, 0.15) is 43.2 Å². The average Bonchev–Trinajstić information content (AvgIpc) is 3.12. The molecule has 0 spiro atoms. The molecule has 0 unspecified atom stereocenters. The van der Waals surface area contributed by atoms with E-state index in [2.05, 4.69) is 4.98 Å². The first-order valence-corrected chi connectivity index (χ1v) is 9.06. The third-order valence-electron chi connectivity index (χ3n) is 3.99. The fourth-order valence-corrected chi connectivity index (χ4v) is 2.85. The van der Waals surface area contributed by atoms with Crippen LogP contribution in [0.25, 0.3) is 22.1 Å². The Morgan fingerprint density at radius 2 is 1.85 bits per heavy atom. The maximum Gasteiger partial charge on any atom is 0.338 e. The minimum atomic E-state index is -0.564. The number of hydrogen-bond donors (Lipinski definition) is 0. The van der Waals surface area contributed by atoms with Gasteiger partial charge in [0.25, 0.3) is 0 Å². The van der Waals surface area contributed by atoms with Crippen LogP contribution >= 0.6 is 0 Å². The molecule has 1 aromatic carbocycles. The predicted octanol–water partition coefficient (Wildman–Crippen LogP) is 4.74. The van der Waals surface area contributed by atoms with Crippen LogP contribution in [0, 0.1) is 0 Å². The minimum Gasteiger partial charge on any atom is -0.462 e. The number of rotatable bonds is 8. The highest BCUT2D eigenvalue weighted by Crippen LogP contribution is 2.33. The normalized spacial score (nSPS) is 11.3. The first-order valence-electron chi connectivity index (χ1n) is 9.06. The Bertz CT molecular complexity index is 912. The van der Waals surface area contributed by atoms with E-state index in [0.29, 0.717) is 36.7 Å². The van der Waals surface area contributed by atoms with Crippen molar-refractivity contribution in [2.45, 2.75) is 27.1 Å². The van der Waals surface area contributed by atoms with Crippen LogP contribution < -0.4 is 0 Å². The van der Waals surface area contributed by atoms with Crippen molar-refractivity contribution in [3.8, 4) is 11.1 Å². The Balaban J connectivity index is 2.03. The monoisotopic (exact) mass is 369 g/mol. The number of carbonyl (C=O) groups excluding carboxylic acids is 1. The molecule has 0 aliphatic carbocycles. The number of furan rings is 1. The van der Waals surface area contributed by atoms with Gasteiger partial charge in [-0.1, -0.05) is 12.1 Å². The summed E-state index contributed by atoms with van der Waals surface area (Å²) in [6.45, 7) is 6.94. The molecule has 0 aliphatic rings. The molecule has 6 nitrogen and oxygen atoms in total. The second-order valence-corrected chi connectivity index (χ2v) is 5.80. The summed E-state index contributed by atoms with van der Waals surface area (Å²) < 4.78 is 22.4. The molecule has 6 heteroatoms. The fourth-order valence-electron chi connectivity index (χ4n) is 2.85. The van der Waals surface area contributed by atoms with Crippen molar-refractivity contribution in [2.75, 3.05) is 19.8 Å². The van der Waals surface area contributed by atoms with E-state index in [0.717, 1.165) is 16.5 Å². The van der Waals surface area contributed by atoms with E-state index in [4.69, 9.17) is 18.6 Å². The molecule has 0 saturated carbocycles. The van der Waals surface area contributed by atoms with Gasteiger partial charge in [0.15, 0.2) is 5.76 Å². The fraction of sp³-hybridized carbons (Fsp3) is 0.333. The lowest BCUT2D eigenvalue weighted by Crippen LogP contribution is -2.07. The van der Waals surface area contributed by atoms with Gasteiger partial charge in [-0.05, 0) is 44.5 Å². The highest BCUT2D eigenvalue weighted by Gasteiger charge is 2.19. The van der Waals surface area contributed by atoms with E-state index >= 15 is 0 Å². The summed E-state index contributed by atoms with van der Waals surface area (Å²) in [7, 11) is 0.